The van der Waals surface area contributed by atoms with Crippen LogP contribution < -0.4 is 10.6 Å². The molecule has 1 aromatic heterocycles. The minimum atomic E-state index is 0.758. The molecular weight excluding hydrogens is 262 g/mol. The van der Waals surface area contributed by atoms with Gasteiger partial charge in [-0.2, -0.15) is 0 Å². The molecule has 0 unspecified atom stereocenters. The Morgan fingerprint density at radius 1 is 1.00 bits per heavy atom. The van der Waals surface area contributed by atoms with E-state index in [1.807, 2.05) is 6.07 Å². The van der Waals surface area contributed by atoms with Gasteiger partial charge < -0.3 is 15.5 Å². The lowest BCUT2D eigenvalue weighted by atomic mass is 10.1. The molecule has 112 valence electrons. The number of likely N-dealkylation sites (N-methyl/N-ethyl adjacent to an activating group) is 1. The van der Waals surface area contributed by atoms with Crippen LogP contribution in [-0.4, -0.2) is 42.1 Å². The second kappa shape index (κ2) is 7.59. The van der Waals surface area contributed by atoms with Crippen molar-refractivity contribution in [3.63, 3.8) is 0 Å². The fourth-order valence-electron chi connectivity index (χ4n) is 1.86. The van der Waals surface area contributed by atoms with Gasteiger partial charge in [-0.1, -0.05) is 29.8 Å². The maximum Gasteiger partial charge on any atom is 0.131 e. The third-order valence-corrected chi connectivity index (χ3v) is 3.13. The van der Waals surface area contributed by atoms with Crippen molar-refractivity contribution in [1.82, 2.24) is 14.9 Å². The average Bonchev–Trinajstić information content (AvgIpc) is 2.47. The molecule has 0 atom stereocenters. The lowest BCUT2D eigenvalue weighted by Crippen LogP contribution is -2.21. The molecular formula is C16H23N5. The zero-order valence-electron chi connectivity index (χ0n) is 12.9. The van der Waals surface area contributed by atoms with E-state index in [-0.39, 0.29) is 0 Å². The summed E-state index contributed by atoms with van der Waals surface area (Å²) in [5.41, 5.74) is 2.51. The topological polar surface area (TPSA) is 53.1 Å². The van der Waals surface area contributed by atoms with Crippen LogP contribution in [-0.2, 0) is 6.54 Å². The maximum absolute atomic E-state index is 4.24. The lowest BCUT2D eigenvalue weighted by molar-refractivity contribution is 0.425. The Labute approximate surface area is 126 Å². The van der Waals surface area contributed by atoms with Crippen LogP contribution in [0.4, 0.5) is 11.6 Å². The number of benzene rings is 1. The monoisotopic (exact) mass is 285 g/mol. The van der Waals surface area contributed by atoms with Crippen molar-refractivity contribution in [2.45, 2.75) is 13.5 Å². The SMILES string of the molecule is Cc1ccc(CNc2cc(NCCN(C)C)ncn2)cc1. The first-order valence-electron chi connectivity index (χ1n) is 7.13. The molecule has 5 heteroatoms. The summed E-state index contributed by atoms with van der Waals surface area (Å²) in [4.78, 5) is 10.6. The summed E-state index contributed by atoms with van der Waals surface area (Å²) in [7, 11) is 4.10. The Morgan fingerprint density at radius 3 is 2.33 bits per heavy atom. The van der Waals surface area contributed by atoms with Gasteiger partial charge in [-0.05, 0) is 26.6 Å². The molecule has 0 aliphatic carbocycles. The van der Waals surface area contributed by atoms with Crippen molar-refractivity contribution in [1.29, 1.82) is 0 Å². The van der Waals surface area contributed by atoms with Crippen molar-refractivity contribution in [3.8, 4) is 0 Å². The summed E-state index contributed by atoms with van der Waals surface area (Å²) in [6.07, 6.45) is 1.58. The van der Waals surface area contributed by atoms with Crippen LogP contribution in [0.2, 0.25) is 0 Å². The van der Waals surface area contributed by atoms with E-state index in [0.29, 0.717) is 0 Å². The van der Waals surface area contributed by atoms with E-state index in [1.165, 1.54) is 11.1 Å². The summed E-state index contributed by atoms with van der Waals surface area (Å²) in [5, 5.41) is 6.61. The molecule has 5 nitrogen and oxygen atoms in total. The van der Waals surface area contributed by atoms with Gasteiger partial charge in [0.15, 0.2) is 0 Å². The van der Waals surface area contributed by atoms with Crippen molar-refractivity contribution in [3.05, 3.63) is 47.8 Å². The minimum absolute atomic E-state index is 0.758. The van der Waals surface area contributed by atoms with Crippen molar-refractivity contribution in [2.24, 2.45) is 0 Å². The smallest absolute Gasteiger partial charge is 0.131 e. The Morgan fingerprint density at radius 2 is 1.67 bits per heavy atom. The molecule has 2 aromatic rings. The van der Waals surface area contributed by atoms with Crippen LogP contribution in [0.5, 0.6) is 0 Å². The fourth-order valence-corrected chi connectivity index (χ4v) is 1.86. The predicted octanol–water partition coefficient (Wildman–Crippen LogP) is 2.37. The lowest BCUT2D eigenvalue weighted by Gasteiger charge is -2.11. The number of aryl methyl sites for hydroxylation is 1. The highest BCUT2D eigenvalue weighted by Gasteiger charge is 1.99. The molecule has 0 radical (unpaired) electrons. The van der Waals surface area contributed by atoms with Crippen LogP contribution in [0.3, 0.4) is 0 Å². The minimum Gasteiger partial charge on any atom is -0.369 e. The molecule has 0 amide bonds. The van der Waals surface area contributed by atoms with Crippen LogP contribution in [0.1, 0.15) is 11.1 Å². The number of aromatic nitrogens is 2. The van der Waals surface area contributed by atoms with Crippen LogP contribution >= 0.6 is 0 Å². The highest BCUT2D eigenvalue weighted by atomic mass is 15.1. The first kappa shape index (κ1) is 15.3. The Hall–Kier alpha value is -2.14. The highest BCUT2D eigenvalue weighted by Crippen LogP contribution is 2.10. The first-order chi connectivity index (χ1) is 10.1. The van der Waals surface area contributed by atoms with E-state index in [0.717, 1.165) is 31.3 Å². The van der Waals surface area contributed by atoms with Gasteiger partial charge in [0, 0.05) is 25.7 Å². The first-order valence-corrected chi connectivity index (χ1v) is 7.13. The third kappa shape index (κ3) is 5.39. The van der Waals surface area contributed by atoms with Crippen molar-refractivity contribution < 1.29 is 0 Å². The zero-order chi connectivity index (χ0) is 15.1. The Kier molecular flexibility index (Phi) is 5.51. The van der Waals surface area contributed by atoms with Gasteiger partial charge in [-0.25, -0.2) is 9.97 Å². The fraction of sp³-hybridized carbons (Fsp3) is 0.375. The number of hydrogen-bond acceptors (Lipinski definition) is 5. The molecule has 0 aliphatic heterocycles. The van der Waals surface area contributed by atoms with E-state index in [9.17, 15) is 0 Å². The van der Waals surface area contributed by atoms with E-state index in [1.54, 1.807) is 6.33 Å². The van der Waals surface area contributed by atoms with Crippen LogP contribution in [0, 0.1) is 6.92 Å². The molecule has 21 heavy (non-hydrogen) atoms. The summed E-state index contributed by atoms with van der Waals surface area (Å²) in [6.45, 7) is 4.68. The van der Waals surface area contributed by atoms with Gasteiger partial charge in [0.25, 0.3) is 0 Å². The average molecular weight is 285 g/mol. The second-order valence-corrected chi connectivity index (χ2v) is 5.36. The molecule has 0 saturated heterocycles. The molecule has 0 fully saturated rings. The summed E-state index contributed by atoms with van der Waals surface area (Å²) in [5.74, 6) is 1.68. The standard InChI is InChI=1S/C16H23N5/c1-13-4-6-14(7-5-13)11-18-16-10-15(19-12-20-16)17-8-9-21(2)3/h4-7,10,12H,8-9,11H2,1-3H3,(H2,17,18,19,20). The van der Waals surface area contributed by atoms with E-state index in [4.69, 9.17) is 0 Å². The molecule has 2 N–H and O–H groups in total. The quantitative estimate of drug-likeness (QED) is 0.818. The van der Waals surface area contributed by atoms with Gasteiger partial charge >= 0.3 is 0 Å². The van der Waals surface area contributed by atoms with E-state index >= 15 is 0 Å². The number of hydrogen-bond donors (Lipinski definition) is 2. The Balaban J connectivity index is 1.87. The van der Waals surface area contributed by atoms with Crippen molar-refractivity contribution in [2.75, 3.05) is 37.8 Å². The number of rotatable bonds is 7. The number of nitrogens with zero attached hydrogens (tertiary/aromatic N) is 3. The van der Waals surface area contributed by atoms with Gasteiger partial charge in [-0.15, -0.1) is 0 Å². The van der Waals surface area contributed by atoms with E-state index < -0.39 is 0 Å². The molecule has 0 saturated carbocycles. The van der Waals surface area contributed by atoms with Crippen molar-refractivity contribution >= 4 is 11.6 Å². The highest BCUT2D eigenvalue weighted by molar-refractivity contribution is 5.46. The molecule has 2 rings (SSSR count). The molecule has 0 spiro atoms. The van der Waals surface area contributed by atoms with Gasteiger partial charge in [-0.3, -0.25) is 0 Å². The molecule has 0 aliphatic rings. The normalized spacial score (nSPS) is 10.7. The molecule has 1 aromatic carbocycles. The maximum atomic E-state index is 4.24. The van der Waals surface area contributed by atoms with Gasteiger partial charge in [0.2, 0.25) is 0 Å². The Bertz CT molecular complexity index is 551. The van der Waals surface area contributed by atoms with Crippen LogP contribution in [0.15, 0.2) is 36.7 Å². The van der Waals surface area contributed by atoms with Gasteiger partial charge in [0.1, 0.15) is 18.0 Å². The van der Waals surface area contributed by atoms with Crippen LogP contribution in [0.25, 0.3) is 0 Å². The number of anilines is 2. The number of nitrogens with one attached hydrogen (secondary N) is 2. The summed E-state index contributed by atoms with van der Waals surface area (Å²) < 4.78 is 0. The summed E-state index contributed by atoms with van der Waals surface area (Å²) in [6, 6.07) is 10.4. The largest absolute Gasteiger partial charge is 0.369 e. The van der Waals surface area contributed by atoms with Gasteiger partial charge in [0.05, 0.1) is 0 Å². The molecule has 0 bridgehead atoms. The molecule has 1 heterocycles. The summed E-state index contributed by atoms with van der Waals surface area (Å²) >= 11 is 0. The second-order valence-electron chi connectivity index (χ2n) is 5.36. The zero-order valence-corrected chi connectivity index (χ0v) is 12.9. The predicted molar refractivity (Wildman–Crippen MR) is 87.6 cm³/mol. The third-order valence-electron chi connectivity index (χ3n) is 3.13. The van der Waals surface area contributed by atoms with E-state index in [2.05, 4.69) is 70.8 Å².